The van der Waals surface area contributed by atoms with Gasteiger partial charge in [0.25, 0.3) is 0 Å². The van der Waals surface area contributed by atoms with Gasteiger partial charge in [-0.15, -0.1) is 0 Å². The van der Waals surface area contributed by atoms with Crippen LogP contribution in [0.5, 0.6) is 0 Å². The number of aromatic nitrogens is 2. The molecular weight excluding hydrogens is 383 g/mol. The third kappa shape index (κ3) is 5.10. The summed E-state index contributed by atoms with van der Waals surface area (Å²) >= 11 is 0. The number of likely N-dealkylation sites (tertiary alicyclic amines) is 1. The number of amides is 1. The molecule has 0 atom stereocenters. The van der Waals surface area contributed by atoms with Crippen LogP contribution in [0.3, 0.4) is 0 Å². The van der Waals surface area contributed by atoms with E-state index in [1.165, 1.54) is 12.1 Å². The van der Waals surface area contributed by atoms with Crippen molar-refractivity contribution in [2.24, 2.45) is 0 Å². The summed E-state index contributed by atoms with van der Waals surface area (Å²) in [7, 11) is 0. The Labute approximate surface area is 168 Å². The molecule has 0 radical (unpaired) electrons. The van der Waals surface area contributed by atoms with Gasteiger partial charge in [-0.2, -0.15) is 18.3 Å². The molecule has 0 bridgehead atoms. The monoisotopic (exact) mass is 409 g/mol. The van der Waals surface area contributed by atoms with Gasteiger partial charge in [-0.05, 0) is 70.9 Å². The molecule has 2 heterocycles. The van der Waals surface area contributed by atoms with Gasteiger partial charge in [0, 0.05) is 24.7 Å². The summed E-state index contributed by atoms with van der Waals surface area (Å²) in [6.07, 6.45) is -3.13. The summed E-state index contributed by atoms with van der Waals surface area (Å²) in [6.45, 7) is 8.58. The number of benzene rings is 1. The van der Waals surface area contributed by atoms with Crippen LogP contribution in [0.25, 0.3) is 5.69 Å². The molecule has 1 fully saturated rings. The Balaban J connectivity index is 1.68. The summed E-state index contributed by atoms with van der Waals surface area (Å²) in [5.41, 5.74) is 1.14. The number of carbonyl (C=O) groups excluding carboxylic acids is 1. The number of carbonyl (C=O) groups is 1. The van der Waals surface area contributed by atoms with E-state index >= 15 is 0 Å². The van der Waals surface area contributed by atoms with Crippen LogP contribution in [0.2, 0.25) is 0 Å². The molecule has 29 heavy (non-hydrogen) atoms. The third-order valence-corrected chi connectivity index (χ3v) is 4.91. The Hall–Kier alpha value is -2.51. The van der Waals surface area contributed by atoms with E-state index in [1.54, 1.807) is 9.58 Å². The standard InChI is InChI=1S/C21H26F3N3O2/c1-14-13-18(15-9-11-26(12-10-15)19(28)29-20(2,3)4)25-27(14)17-7-5-16(6-8-17)21(22,23)24/h5-8,13,15H,9-12H2,1-4H3. The highest BCUT2D eigenvalue weighted by Gasteiger charge is 2.31. The van der Waals surface area contributed by atoms with Crippen molar-refractivity contribution in [1.29, 1.82) is 0 Å². The average molecular weight is 409 g/mol. The summed E-state index contributed by atoms with van der Waals surface area (Å²) in [5, 5.41) is 4.63. The molecule has 3 rings (SSSR count). The first-order valence-electron chi connectivity index (χ1n) is 9.66. The Morgan fingerprint density at radius 3 is 2.21 bits per heavy atom. The highest BCUT2D eigenvalue weighted by atomic mass is 19.4. The summed E-state index contributed by atoms with van der Waals surface area (Å²) in [4.78, 5) is 13.9. The number of rotatable bonds is 2. The minimum atomic E-state index is -4.36. The van der Waals surface area contributed by atoms with E-state index in [-0.39, 0.29) is 12.0 Å². The Morgan fingerprint density at radius 1 is 1.10 bits per heavy atom. The lowest BCUT2D eigenvalue weighted by Crippen LogP contribution is -2.41. The maximum atomic E-state index is 12.8. The summed E-state index contributed by atoms with van der Waals surface area (Å²) < 4.78 is 45.4. The quantitative estimate of drug-likeness (QED) is 0.675. The largest absolute Gasteiger partial charge is 0.444 e. The first-order chi connectivity index (χ1) is 13.4. The second-order valence-electron chi connectivity index (χ2n) is 8.41. The van der Waals surface area contributed by atoms with E-state index in [1.807, 2.05) is 33.8 Å². The van der Waals surface area contributed by atoms with E-state index < -0.39 is 17.3 Å². The topological polar surface area (TPSA) is 47.4 Å². The van der Waals surface area contributed by atoms with Crippen LogP contribution in [0.15, 0.2) is 30.3 Å². The van der Waals surface area contributed by atoms with Gasteiger partial charge < -0.3 is 9.64 Å². The third-order valence-electron chi connectivity index (χ3n) is 4.91. The van der Waals surface area contributed by atoms with Crippen molar-refractivity contribution in [1.82, 2.24) is 14.7 Å². The fourth-order valence-electron chi connectivity index (χ4n) is 3.44. The van der Waals surface area contributed by atoms with Gasteiger partial charge in [0.2, 0.25) is 0 Å². The van der Waals surface area contributed by atoms with E-state index in [2.05, 4.69) is 5.10 Å². The minimum absolute atomic E-state index is 0.197. The van der Waals surface area contributed by atoms with Crippen LogP contribution in [-0.4, -0.2) is 39.5 Å². The molecule has 1 saturated heterocycles. The molecule has 1 amide bonds. The molecule has 1 aliphatic rings. The van der Waals surface area contributed by atoms with Crippen LogP contribution in [0.4, 0.5) is 18.0 Å². The summed E-state index contributed by atoms with van der Waals surface area (Å²) in [6, 6.07) is 6.95. The van der Waals surface area contributed by atoms with Crippen LogP contribution in [0, 0.1) is 6.92 Å². The first-order valence-corrected chi connectivity index (χ1v) is 9.66. The molecule has 2 aromatic rings. The Bertz CT molecular complexity index is 859. The first kappa shape index (κ1) is 21.2. The number of alkyl halides is 3. The lowest BCUT2D eigenvalue weighted by molar-refractivity contribution is -0.137. The second-order valence-corrected chi connectivity index (χ2v) is 8.41. The molecule has 8 heteroatoms. The maximum absolute atomic E-state index is 12.8. The normalized spacial score (nSPS) is 16.2. The molecule has 0 aliphatic carbocycles. The van der Waals surface area contributed by atoms with Crippen molar-refractivity contribution in [3.8, 4) is 5.69 Å². The highest BCUT2D eigenvalue weighted by Crippen LogP contribution is 2.31. The fourth-order valence-corrected chi connectivity index (χ4v) is 3.44. The van der Waals surface area contributed by atoms with Crippen molar-refractivity contribution >= 4 is 6.09 Å². The maximum Gasteiger partial charge on any atom is 0.416 e. The molecule has 1 aromatic heterocycles. The van der Waals surface area contributed by atoms with Gasteiger partial charge in [0.1, 0.15) is 5.60 Å². The number of aryl methyl sites for hydroxylation is 1. The SMILES string of the molecule is Cc1cc(C2CCN(C(=O)OC(C)(C)C)CC2)nn1-c1ccc(C(F)(F)F)cc1. The molecule has 0 N–H and O–H groups in total. The van der Waals surface area contributed by atoms with Crippen LogP contribution >= 0.6 is 0 Å². The number of piperidine rings is 1. The van der Waals surface area contributed by atoms with E-state index in [9.17, 15) is 18.0 Å². The second kappa shape index (κ2) is 7.72. The van der Waals surface area contributed by atoms with Gasteiger partial charge >= 0.3 is 12.3 Å². The molecule has 1 aromatic carbocycles. The highest BCUT2D eigenvalue weighted by molar-refractivity contribution is 5.68. The number of hydrogen-bond acceptors (Lipinski definition) is 3. The van der Waals surface area contributed by atoms with Gasteiger partial charge in [-0.3, -0.25) is 0 Å². The zero-order valence-corrected chi connectivity index (χ0v) is 17.1. The molecule has 0 saturated carbocycles. The van der Waals surface area contributed by atoms with Crippen LogP contribution in [0.1, 0.15) is 56.5 Å². The molecule has 158 valence electrons. The molecule has 5 nitrogen and oxygen atoms in total. The smallest absolute Gasteiger partial charge is 0.416 e. The van der Waals surface area contributed by atoms with Gasteiger partial charge in [0.05, 0.1) is 16.9 Å². The number of ether oxygens (including phenoxy) is 1. The Morgan fingerprint density at radius 2 is 1.69 bits per heavy atom. The molecule has 0 unspecified atom stereocenters. The van der Waals surface area contributed by atoms with Crippen LogP contribution in [-0.2, 0) is 10.9 Å². The van der Waals surface area contributed by atoms with Crippen molar-refractivity contribution in [3.05, 3.63) is 47.3 Å². The fraction of sp³-hybridized carbons (Fsp3) is 0.524. The van der Waals surface area contributed by atoms with E-state index in [4.69, 9.17) is 4.74 Å². The van der Waals surface area contributed by atoms with Crippen molar-refractivity contribution in [3.63, 3.8) is 0 Å². The Kier molecular flexibility index (Phi) is 5.65. The van der Waals surface area contributed by atoms with E-state index in [0.29, 0.717) is 18.8 Å². The number of halogens is 3. The molecular formula is C21H26F3N3O2. The number of nitrogens with zero attached hydrogens (tertiary/aromatic N) is 3. The van der Waals surface area contributed by atoms with Crippen molar-refractivity contribution in [2.45, 2.75) is 58.2 Å². The lowest BCUT2D eigenvalue weighted by Gasteiger charge is -2.32. The van der Waals surface area contributed by atoms with E-state index in [0.717, 1.165) is 36.4 Å². The predicted octanol–water partition coefficient (Wildman–Crippen LogP) is 5.31. The number of hydrogen-bond donors (Lipinski definition) is 0. The summed E-state index contributed by atoms with van der Waals surface area (Å²) in [5.74, 6) is 0.197. The van der Waals surface area contributed by atoms with Crippen molar-refractivity contribution in [2.75, 3.05) is 13.1 Å². The van der Waals surface area contributed by atoms with Crippen molar-refractivity contribution < 1.29 is 22.7 Å². The van der Waals surface area contributed by atoms with Gasteiger partial charge in [0.15, 0.2) is 0 Å². The zero-order valence-electron chi connectivity index (χ0n) is 17.1. The van der Waals surface area contributed by atoms with Gasteiger partial charge in [-0.1, -0.05) is 0 Å². The minimum Gasteiger partial charge on any atom is -0.444 e. The van der Waals surface area contributed by atoms with Crippen LogP contribution < -0.4 is 0 Å². The molecule has 1 aliphatic heterocycles. The predicted molar refractivity (Wildman–Crippen MR) is 103 cm³/mol. The van der Waals surface area contributed by atoms with Gasteiger partial charge in [-0.25, -0.2) is 9.48 Å². The molecule has 0 spiro atoms. The average Bonchev–Trinajstić information content (AvgIpc) is 3.01. The lowest BCUT2D eigenvalue weighted by atomic mass is 9.94. The zero-order chi connectivity index (χ0) is 21.4.